The molecule has 5 rings (SSSR count). The van der Waals surface area contributed by atoms with Crippen molar-refractivity contribution in [3.8, 4) is 0 Å². The fraction of sp³-hybridized carbons (Fsp3) is 1.00. The van der Waals surface area contributed by atoms with E-state index < -0.39 is 0 Å². The minimum atomic E-state index is -0.109. The van der Waals surface area contributed by atoms with Gasteiger partial charge in [0.2, 0.25) is 0 Å². The number of aliphatic hydroxyl groups is 1. The first-order chi connectivity index (χ1) is 10.4. The number of ether oxygens (including phenoxy) is 1. The lowest BCUT2D eigenvalue weighted by Gasteiger charge is -2.64. The highest BCUT2D eigenvalue weighted by Crippen LogP contribution is 2.77. The maximum Gasteiger partial charge on any atom is 0.121 e. The van der Waals surface area contributed by atoms with Gasteiger partial charge in [0.15, 0.2) is 0 Å². The first-order valence-corrected chi connectivity index (χ1v) is 9.68. The molecule has 0 aromatic rings. The highest BCUT2D eigenvalue weighted by Gasteiger charge is 2.80. The highest BCUT2D eigenvalue weighted by atomic mass is 16.6. The molecule has 1 aliphatic heterocycles. The standard InChI is InChI=1S/C20H32O2/c1-17(2)8-4-9-18(3)14(17)7-10-19-11-13(5-6-15(18)19)20(12-21)16(19)22-20/h13-16,21H,4-12H2,1-3H3. The molecule has 4 saturated carbocycles. The van der Waals surface area contributed by atoms with E-state index in [9.17, 15) is 5.11 Å². The van der Waals surface area contributed by atoms with Crippen molar-refractivity contribution in [3.05, 3.63) is 0 Å². The van der Waals surface area contributed by atoms with Crippen LogP contribution in [0.1, 0.15) is 72.1 Å². The lowest BCUT2D eigenvalue weighted by Crippen LogP contribution is -2.57. The van der Waals surface area contributed by atoms with Gasteiger partial charge < -0.3 is 9.84 Å². The Bertz CT molecular complexity index is 514. The topological polar surface area (TPSA) is 32.8 Å². The Morgan fingerprint density at radius 1 is 1.00 bits per heavy atom. The largest absolute Gasteiger partial charge is 0.393 e. The molecule has 1 saturated heterocycles. The SMILES string of the molecule is CC1(C)CCCC2(C)C1CCC13CC(CCC21)C1(CO)OC31. The lowest BCUT2D eigenvalue weighted by atomic mass is 9.41. The number of hydrogen-bond donors (Lipinski definition) is 1. The second kappa shape index (κ2) is 3.94. The van der Waals surface area contributed by atoms with Crippen LogP contribution in [0, 0.1) is 34.0 Å². The van der Waals surface area contributed by atoms with E-state index >= 15 is 0 Å². The number of aliphatic hydroxyl groups excluding tert-OH is 1. The van der Waals surface area contributed by atoms with Crippen LogP contribution in [0.15, 0.2) is 0 Å². The van der Waals surface area contributed by atoms with E-state index in [-0.39, 0.29) is 12.2 Å². The molecule has 4 aliphatic carbocycles. The summed E-state index contributed by atoms with van der Waals surface area (Å²) in [5, 5.41) is 9.96. The maximum absolute atomic E-state index is 9.96. The Hall–Kier alpha value is -0.0800. The van der Waals surface area contributed by atoms with Crippen LogP contribution in [0.2, 0.25) is 0 Å². The molecule has 124 valence electrons. The minimum Gasteiger partial charge on any atom is -0.393 e. The fourth-order valence-electron chi connectivity index (χ4n) is 8.52. The van der Waals surface area contributed by atoms with Gasteiger partial charge in [0.25, 0.3) is 0 Å². The molecule has 0 aromatic heterocycles. The number of hydrogen-bond acceptors (Lipinski definition) is 2. The van der Waals surface area contributed by atoms with Crippen molar-refractivity contribution < 1.29 is 9.84 Å². The normalized spacial score (nSPS) is 61.1. The summed E-state index contributed by atoms with van der Waals surface area (Å²) in [4.78, 5) is 0. The first kappa shape index (κ1) is 14.3. The Morgan fingerprint density at radius 3 is 2.59 bits per heavy atom. The zero-order valence-electron chi connectivity index (χ0n) is 14.5. The molecule has 7 unspecified atom stereocenters. The summed E-state index contributed by atoms with van der Waals surface area (Å²) < 4.78 is 6.24. The van der Waals surface area contributed by atoms with E-state index in [1.54, 1.807) is 0 Å². The van der Waals surface area contributed by atoms with Gasteiger partial charge in [-0.15, -0.1) is 0 Å². The van der Waals surface area contributed by atoms with Crippen molar-refractivity contribution in [2.45, 2.75) is 83.8 Å². The van der Waals surface area contributed by atoms with E-state index in [4.69, 9.17) is 4.74 Å². The highest BCUT2D eigenvalue weighted by molar-refractivity contribution is 5.27. The van der Waals surface area contributed by atoms with Crippen molar-refractivity contribution in [1.29, 1.82) is 0 Å². The quantitative estimate of drug-likeness (QED) is 0.738. The van der Waals surface area contributed by atoms with Gasteiger partial charge in [0.1, 0.15) is 5.60 Å². The monoisotopic (exact) mass is 304 g/mol. The molecule has 5 fully saturated rings. The third kappa shape index (κ3) is 1.38. The van der Waals surface area contributed by atoms with E-state index in [0.29, 0.717) is 28.3 Å². The second-order valence-corrected chi connectivity index (χ2v) is 10.3. The second-order valence-electron chi connectivity index (χ2n) is 10.3. The third-order valence-electron chi connectivity index (χ3n) is 9.28. The zero-order valence-corrected chi connectivity index (χ0v) is 14.5. The molecule has 1 spiro atoms. The van der Waals surface area contributed by atoms with Crippen LogP contribution in [0.25, 0.3) is 0 Å². The molecule has 0 radical (unpaired) electrons. The summed E-state index contributed by atoms with van der Waals surface area (Å²) >= 11 is 0. The van der Waals surface area contributed by atoms with Crippen LogP contribution in [-0.4, -0.2) is 23.4 Å². The number of rotatable bonds is 1. The zero-order chi connectivity index (χ0) is 15.4. The smallest absolute Gasteiger partial charge is 0.121 e. The van der Waals surface area contributed by atoms with E-state index in [1.165, 1.54) is 51.4 Å². The van der Waals surface area contributed by atoms with Gasteiger partial charge in [-0.2, -0.15) is 0 Å². The van der Waals surface area contributed by atoms with Gasteiger partial charge in [-0.25, -0.2) is 0 Å². The molecule has 7 atom stereocenters. The van der Waals surface area contributed by atoms with Crippen LogP contribution in [0.4, 0.5) is 0 Å². The molecule has 22 heavy (non-hydrogen) atoms. The van der Waals surface area contributed by atoms with E-state index in [0.717, 1.165) is 11.8 Å². The summed E-state index contributed by atoms with van der Waals surface area (Å²) in [6.07, 6.45) is 11.5. The predicted octanol–water partition coefficient (Wildman–Crippen LogP) is 4.16. The summed E-state index contributed by atoms with van der Waals surface area (Å²) in [5.41, 5.74) is 1.34. The molecule has 2 nitrogen and oxygen atoms in total. The van der Waals surface area contributed by atoms with Crippen LogP contribution in [0.3, 0.4) is 0 Å². The van der Waals surface area contributed by atoms with Gasteiger partial charge in [-0.3, -0.25) is 0 Å². The van der Waals surface area contributed by atoms with Crippen LogP contribution in [-0.2, 0) is 4.74 Å². The van der Waals surface area contributed by atoms with E-state index in [1.807, 2.05) is 0 Å². The molecule has 5 aliphatic rings. The summed E-state index contributed by atoms with van der Waals surface area (Å²) in [6.45, 7) is 7.95. The molecule has 1 heterocycles. The van der Waals surface area contributed by atoms with Crippen molar-refractivity contribution >= 4 is 0 Å². The first-order valence-electron chi connectivity index (χ1n) is 9.68. The molecule has 1 N–H and O–H groups in total. The van der Waals surface area contributed by atoms with Gasteiger partial charge >= 0.3 is 0 Å². The third-order valence-corrected chi connectivity index (χ3v) is 9.28. The molecular weight excluding hydrogens is 272 g/mol. The fourth-order valence-corrected chi connectivity index (χ4v) is 8.52. The summed E-state index contributed by atoms with van der Waals surface area (Å²) in [6, 6.07) is 0. The van der Waals surface area contributed by atoms with Gasteiger partial charge in [-0.1, -0.05) is 27.2 Å². The molecule has 0 amide bonds. The summed E-state index contributed by atoms with van der Waals surface area (Å²) in [5.74, 6) is 2.38. The molecule has 0 aromatic carbocycles. The van der Waals surface area contributed by atoms with E-state index in [2.05, 4.69) is 20.8 Å². The minimum absolute atomic E-state index is 0.109. The van der Waals surface area contributed by atoms with Gasteiger partial charge in [0.05, 0.1) is 12.7 Å². The number of epoxide rings is 1. The molecule has 2 bridgehead atoms. The van der Waals surface area contributed by atoms with Crippen molar-refractivity contribution in [2.75, 3.05) is 6.61 Å². The molecular formula is C20H32O2. The van der Waals surface area contributed by atoms with Gasteiger partial charge in [-0.05, 0) is 73.5 Å². The van der Waals surface area contributed by atoms with Crippen LogP contribution < -0.4 is 0 Å². The van der Waals surface area contributed by atoms with Crippen LogP contribution >= 0.6 is 0 Å². The van der Waals surface area contributed by atoms with Crippen LogP contribution in [0.5, 0.6) is 0 Å². The molecule has 2 heteroatoms. The average Bonchev–Trinajstić information content (AvgIpc) is 3.18. The Balaban J connectivity index is 1.57. The Kier molecular flexibility index (Phi) is 2.56. The lowest BCUT2D eigenvalue weighted by molar-refractivity contribution is -0.163. The van der Waals surface area contributed by atoms with Gasteiger partial charge in [0, 0.05) is 5.41 Å². The van der Waals surface area contributed by atoms with Crippen molar-refractivity contribution in [1.82, 2.24) is 0 Å². The predicted molar refractivity (Wildman–Crippen MR) is 86.4 cm³/mol. The Labute approximate surface area is 135 Å². The average molecular weight is 304 g/mol. The van der Waals surface area contributed by atoms with Crippen molar-refractivity contribution in [2.24, 2.45) is 34.0 Å². The van der Waals surface area contributed by atoms with Crippen molar-refractivity contribution in [3.63, 3.8) is 0 Å². The number of fused-ring (bicyclic) bond motifs is 5. The maximum atomic E-state index is 9.96. The summed E-state index contributed by atoms with van der Waals surface area (Å²) in [7, 11) is 0. The Morgan fingerprint density at radius 2 is 1.82 bits per heavy atom.